The van der Waals surface area contributed by atoms with Crippen molar-refractivity contribution in [2.75, 3.05) is 11.9 Å². The average Bonchev–Trinajstić information content (AvgIpc) is 3.27. The van der Waals surface area contributed by atoms with E-state index in [9.17, 15) is 8.42 Å². The number of nitrogens with two attached hydrogens (primary N) is 1. The molecule has 3 heterocycles. The molecule has 2 aromatic heterocycles. The lowest BCUT2D eigenvalue weighted by atomic mass is 9.82. The van der Waals surface area contributed by atoms with Crippen LogP contribution >= 0.6 is 11.3 Å². The van der Waals surface area contributed by atoms with Gasteiger partial charge < -0.3 is 10.1 Å². The summed E-state index contributed by atoms with van der Waals surface area (Å²) in [6.45, 7) is 11.1. The van der Waals surface area contributed by atoms with Crippen molar-refractivity contribution in [3.05, 3.63) is 53.2 Å². The smallest absolute Gasteiger partial charge is 0.238 e. The van der Waals surface area contributed by atoms with Crippen LogP contribution in [0.2, 0.25) is 0 Å². The van der Waals surface area contributed by atoms with E-state index in [-0.39, 0.29) is 16.4 Å². The molecule has 0 atom stereocenters. The second kappa shape index (κ2) is 10.1. The summed E-state index contributed by atoms with van der Waals surface area (Å²) in [5.74, 6) is 0.513. The maximum absolute atomic E-state index is 11.9. The van der Waals surface area contributed by atoms with Gasteiger partial charge in [-0.05, 0) is 67.2 Å². The number of nitrogens with zero attached hydrogens (tertiary/aromatic N) is 3. The predicted octanol–water partition coefficient (Wildman–Crippen LogP) is 5.54. The monoisotopic (exact) mass is 525 g/mol. The third kappa shape index (κ3) is 6.00. The number of anilines is 2. The Kier molecular flexibility index (Phi) is 7.31. The number of benzene rings is 1. The van der Waals surface area contributed by atoms with Crippen molar-refractivity contribution in [1.82, 2.24) is 9.97 Å². The molecule has 36 heavy (non-hydrogen) atoms. The highest BCUT2D eigenvalue weighted by Crippen LogP contribution is 2.36. The number of sulfonamides is 1. The van der Waals surface area contributed by atoms with Crippen molar-refractivity contribution in [3.8, 4) is 17.0 Å². The van der Waals surface area contributed by atoms with Crippen molar-refractivity contribution in [3.63, 3.8) is 0 Å². The van der Waals surface area contributed by atoms with Gasteiger partial charge in [-0.25, -0.2) is 18.5 Å². The second-order valence-electron chi connectivity index (χ2n) is 9.90. The molecule has 0 saturated heterocycles. The molecule has 0 aliphatic carbocycles. The molecule has 1 aromatic carbocycles. The third-order valence-corrected chi connectivity index (χ3v) is 7.24. The van der Waals surface area contributed by atoms with Crippen LogP contribution in [-0.4, -0.2) is 37.2 Å². The quantitative estimate of drug-likeness (QED) is 0.418. The Bertz CT molecular complexity index is 1430. The fourth-order valence-corrected chi connectivity index (χ4v) is 5.11. The Labute approximate surface area is 216 Å². The van der Waals surface area contributed by atoms with Crippen molar-refractivity contribution in [1.29, 1.82) is 0 Å². The molecule has 0 radical (unpaired) electrons. The number of dihydropyridines is 1. The molecule has 0 spiro atoms. The molecule has 0 amide bonds. The van der Waals surface area contributed by atoms with Gasteiger partial charge in [0, 0.05) is 29.9 Å². The van der Waals surface area contributed by atoms with E-state index in [0.29, 0.717) is 16.6 Å². The third-order valence-electron chi connectivity index (χ3n) is 5.58. The summed E-state index contributed by atoms with van der Waals surface area (Å²) in [4.78, 5) is 13.9. The molecule has 4 rings (SSSR count). The Morgan fingerprint density at radius 2 is 1.97 bits per heavy atom. The summed E-state index contributed by atoms with van der Waals surface area (Å²) in [7, 11) is -3.87. The molecule has 0 saturated carbocycles. The number of hydrogen-bond acceptors (Lipinski definition) is 8. The van der Waals surface area contributed by atoms with Crippen LogP contribution in [0.25, 0.3) is 16.8 Å². The number of aromatic nitrogens is 2. The van der Waals surface area contributed by atoms with E-state index in [1.807, 2.05) is 37.7 Å². The maximum Gasteiger partial charge on any atom is 0.238 e. The van der Waals surface area contributed by atoms with E-state index in [1.54, 1.807) is 6.07 Å². The van der Waals surface area contributed by atoms with Crippen LogP contribution in [0.1, 0.15) is 52.3 Å². The molecule has 8 nitrogen and oxygen atoms in total. The van der Waals surface area contributed by atoms with Crippen LogP contribution < -0.4 is 15.2 Å². The highest BCUT2D eigenvalue weighted by Gasteiger charge is 2.23. The first kappa shape index (κ1) is 26.0. The van der Waals surface area contributed by atoms with Gasteiger partial charge in [0.05, 0.1) is 28.1 Å². The van der Waals surface area contributed by atoms with Crippen molar-refractivity contribution < 1.29 is 13.2 Å². The maximum atomic E-state index is 11.9. The van der Waals surface area contributed by atoms with Gasteiger partial charge in [-0.2, -0.15) is 0 Å². The summed E-state index contributed by atoms with van der Waals surface area (Å²) >= 11 is 1.41. The molecule has 0 unspecified atom stereocenters. The van der Waals surface area contributed by atoms with Crippen LogP contribution in [0.15, 0.2) is 51.8 Å². The summed E-state index contributed by atoms with van der Waals surface area (Å²) < 4.78 is 29.6. The standard InChI is InChI=1S/C26H31N5O3S2/c1-16(2)34-23-7-6-19(36(27,32)33)13-21(23)30-25-31-22(15-35-25)18-12-20(26(3,4)5)24(29-14-18)17-8-10-28-11-9-17/h6-8,10,12-16H,9,11H2,1-5H3,(H,30,31)(H2,27,32,33). The topological polar surface area (TPSA) is 120 Å². The lowest BCUT2D eigenvalue weighted by Gasteiger charge is -2.24. The van der Waals surface area contributed by atoms with Crippen molar-refractivity contribution in [2.45, 2.75) is 57.5 Å². The molecule has 10 heteroatoms. The van der Waals surface area contributed by atoms with Crippen LogP contribution in [0.5, 0.6) is 5.75 Å². The molecule has 0 fully saturated rings. The minimum absolute atomic E-state index is 0.00504. The molecule has 1 aliphatic rings. The van der Waals surface area contributed by atoms with Gasteiger partial charge in [0.2, 0.25) is 10.0 Å². The first-order chi connectivity index (χ1) is 16.9. The number of primary sulfonamides is 1. The SMILES string of the molecule is CC(C)Oc1ccc(S(N)(=O)=O)cc1Nc1nc(-c2cnc(C3=CC=NCC3)c(C(C)(C)C)c2)cs1. The summed E-state index contributed by atoms with van der Waals surface area (Å²) in [6.07, 6.45) is 6.52. The molecule has 1 aliphatic heterocycles. The lowest BCUT2D eigenvalue weighted by Crippen LogP contribution is -2.16. The van der Waals surface area contributed by atoms with Gasteiger partial charge in [-0.3, -0.25) is 9.98 Å². The average molecular weight is 526 g/mol. The number of ether oxygens (including phenoxy) is 1. The number of thiazole rings is 1. The van der Waals surface area contributed by atoms with E-state index in [4.69, 9.17) is 19.8 Å². The number of aliphatic imine (C=N–C) groups is 1. The molecular formula is C26H31N5O3S2. The minimum atomic E-state index is -3.87. The lowest BCUT2D eigenvalue weighted by molar-refractivity contribution is 0.243. The van der Waals surface area contributed by atoms with Crippen molar-refractivity contribution in [2.24, 2.45) is 10.1 Å². The van der Waals surface area contributed by atoms with E-state index in [1.165, 1.54) is 29.0 Å². The first-order valence-electron chi connectivity index (χ1n) is 11.7. The molecule has 190 valence electrons. The zero-order valence-electron chi connectivity index (χ0n) is 21.1. The molecule has 3 aromatic rings. The van der Waals surface area contributed by atoms with Crippen LogP contribution in [0.3, 0.4) is 0 Å². The van der Waals surface area contributed by atoms with Crippen LogP contribution in [0.4, 0.5) is 10.8 Å². The number of allylic oxidation sites excluding steroid dienone is 1. The molecule has 3 N–H and O–H groups in total. The van der Waals surface area contributed by atoms with Gasteiger partial charge >= 0.3 is 0 Å². The fourth-order valence-electron chi connectivity index (χ4n) is 3.83. The van der Waals surface area contributed by atoms with Gasteiger partial charge in [-0.15, -0.1) is 11.3 Å². The van der Waals surface area contributed by atoms with Gasteiger partial charge in [0.1, 0.15) is 5.75 Å². The summed E-state index contributed by atoms with van der Waals surface area (Å²) in [5.41, 5.74) is 5.40. The zero-order valence-corrected chi connectivity index (χ0v) is 22.7. The van der Waals surface area contributed by atoms with Gasteiger partial charge in [0.25, 0.3) is 0 Å². The number of pyridine rings is 1. The second-order valence-corrected chi connectivity index (χ2v) is 12.3. The first-order valence-corrected chi connectivity index (χ1v) is 14.1. The fraction of sp³-hybridized carbons (Fsp3) is 0.346. The summed E-state index contributed by atoms with van der Waals surface area (Å²) in [5, 5.41) is 11.1. The predicted molar refractivity (Wildman–Crippen MR) is 147 cm³/mol. The van der Waals surface area contributed by atoms with Crippen LogP contribution in [0, 0.1) is 0 Å². The number of nitrogens with one attached hydrogen (secondary N) is 1. The Morgan fingerprint density at radius 3 is 2.61 bits per heavy atom. The van der Waals surface area contributed by atoms with E-state index in [0.717, 1.165) is 35.5 Å². The largest absolute Gasteiger partial charge is 0.489 e. The molecule has 0 bridgehead atoms. The normalized spacial score (nSPS) is 14.1. The highest BCUT2D eigenvalue weighted by molar-refractivity contribution is 7.89. The van der Waals surface area contributed by atoms with Crippen molar-refractivity contribution >= 4 is 44.0 Å². The van der Waals surface area contributed by atoms with E-state index in [2.05, 4.69) is 37.1 Å². The Morgan fingerprint density at radius 1 is 1.19 bits per heavy atom. The number of hydrogen-bond donors (Lipinski definition) is 2. The minimum Gasteiger partial charge on any atom is -0.489 e. The Hall–Kier alpha value is -3.08. The van der Waals surface area contributed by atoms with Gasteiger partial charge in [0.15, 0.2) is 5.13 Å². The highest BCUT2D eigenvalue weighted by atomic mass is 32.2. The van der Waals surface area contributed by atoms with E-state index >= 15 is 0 Å². The number of rotatable bonds is 7. The van der Waals surface area contributed by atoms with Gasteiger partial charge in [-0.1, -0.05) is 20.8 Å². The molecular weight excluding hydrogens is 494 g/mol. The zero-order chi connectivity index (χ0) is 26.1. The Balaban J connectivity index is 1.68. The van der Waals surface area contributed by atoms with E-state index < -0.39 is 10.0 Å². The summed E-state index contributed by atoms with van der Waals surface area (Å²) in [6, 6.07) is 6.64. The van der Waals surface area contributed by atoms with Crippen LogP contribution in [-0.2, 0) is 15.4 Å².